The van der Waals surface area contributed by atoms with Crippen LogP contribution in [0.2, 0.25) is 0 Å². The number of hydrogen-bond acceptors (Lipinski definition) is 5. The van der Waals surface area contributed by atoms with Crippen molar-refractivity contribution in [1.29, 1.82) is 5.26 Å². The van der Waals surface area contributed by atoms with Crippen molar-refractivity contribution in [3.8, 4) is 6.07 Å². The highest BCUT2D eigenvalue weighted by Gasteiger charge is 2.46. The molecule has 106 valence electrons. The average Bonchev–Trinajstić information content (AvgIpc) is 2.47. The molecule has 20 heavy (non-hydrogen) atoms. The Bertz CT molecular complexity index is 510. The molecule has 0 amide bonds. The SMILES string of the molecule is CCOC(=O)C(C)(C(=O)OCC)c1ccc(C#N)cc1. The third kappa shape index (κ3) is 2.97. The average molecular weight is 275 g/mol. The molecule has 1 aromatic rings. The summed E-state index contributed by atoms with van der Waals surface area (Å²) >= 11 is 0. The van der Waals surface area contributed by atoms with Crippen LogP contribution in [-0.4, -0.2) is 25.2 Å². The number of esters is 2. The van der Waals surface area contributed by atoms with E-state index >= 15 is 0 Å². The van der Waals surface area contributed by atoms with E-state index in [2.05, 4.69) is 0 Å². The van der Waals surface area contributed by atoms with Gasteiger partial charge in [-0.15, -0.1) is 0 Å². The molecule has 1 rings (SSSR count). The molecule has 5 nitrogen and oxygen atoms in total. The van der Waals surface area contributed by atoms with Gasteiger partial charge < -0.3 is 9.47 Å². The number of benzene rings is 1. The summed E-state index contributed by atoms with van der Waals surface area (Å²) in [6, 6.07) is 8.20. The van der Waals surface area contributed by atoms with Gasteiger partial charge in [0.1, 0.15) is 0 Å². The van der Waals surface area contributed by atoms with Gasteiger partial charge in [0.2, 0.25) is 0 Å². The Balaban J connectivity index is 3.25. The standard InChI is InChI=1S/C15H17NO4/c1-4-19-13(17)15(3,14(18)20-5-2)12-8-6-11(10-16)7-9-12/h6-9H,4-5H2,1-3H3. The lowest BCUT2D eigenvalue weighted by Crippen LogP contribution is -2.43. The van der Waals surface area contributed by atoms with E-state index in [0.717, 1.165) is 0 Å². The van der Waals surface area contributed by atoms with E-state index in [0.29, 0.717) is 11.1 Å². The van der Waals surface area contributed by atoms with E-state index in [1.54, 1.807) is 38.1 Å². The smallest absolute Gasteiger partial charge is 0.327 e. The van der Waals surface area contributed by atoms with Crippen molar-refractivity contribution in [2.24, 2.45) is 0 Å². The summed E-state index contributed by atoms with van der Waals surface area (Å²) in [5.41, 5.74) is -0.641. The zero-order chi connectivity index (χ0) is 15.2. The van der Waals surface area contributed by atoms with Gasteiger partial charge in [-0.1, -0.05) is 12.1 Å². The third-order valence-corrected chi connectivity index (χ3v) is 2.96. The molecule has 0 aliphatic heterocycles. The van der Waals surface area contributed by atoms with Crippen LogP contribution >= 0.6 is 0 Å². The molecule has 0 bridgehead atoms. The summed E-state index contributed by atoms with van der Waals surface area (Å²) in [4.78, 5) is 24.3. The Morgan fingerprint density at radius 1 is 1.10 bits per heavy atom. The zero-order valence-electron chi connectivity index (χ0n) is 11.8. The van der Waals surface area contributed by atoms with E-state index in [9.17, 15) is 9.59 Å². The van der Waals surface area contributed by atoms with Gasteiger partial charge in [-0.3, -0.25) is 9.59 Å². The number of carbonyl (C=O) groups is 2. The van der Waals surface area contributed by atoms with E-state index in [4.69, 9.17) is 14.7 Å². The normalized spacial score (nSPS) is 10.5. The summed E-state index contributed by atoms with van der Waals surface area (Å²) in [5, 5.41) is 8.78. The molecule has 0 radical (unpaired) electrons. The molecule has 0 heterocycles. The van der Waals surface area contributed by atoms with Gasteiger partial charge in [0.25, 0.3) is 0 Å². The fraction of sp³-hybridized carbons (Fsp3) is 0.400. The lowest BCUT2D eigenvalue weighted by Gasteiger charge is -2.25. The van der Waals surface area contributed by atoms with Crippen LogP contribution in [0.3, 0.4) is 0 Å². The topological polar surface area (TPSA) is 76.4 Å². The maximum absolute atomic E-state index is 12.1. The van der Waals surface area contributed by atoms with Gasteiger partial charge in [0.15, 0.2) is 5.41 Å². The summed E-state index contributed by atoms with van der Waals surface area (Å²) in [6.45, 7) is 5.14. The van der Waals surface area contributed by atoms with Crippen LogP contribution in [0.1, 0.15) is 31.9 Å². The quantitative estimate of drug-likeness (QED) is 0.606. The van der Waals surface area contributed by atoms with Crippen molar-refractivity contribution >= 4 is 11.9 Å². The van der Waals surface area contributed by atoms with Gasteiger partial charge in [0.05, 0.1) is 24.8 Å². The number of carbonyl (C=O) groups excluding carboxylic acids is 2. The highest BCUT2D eigenvalue weighted by molar-refractivity contribution is 6.05. The summed E-state index contributed by atoms with van der Waals surface area (Å²) < 4.78 is 9.96. The third-order valence-electron chi connectivity index (χ3n) is 2.96. The van der Waals surface area contributed by atoms with Gasteiger partial charge >= 0.3 is 11.9 Å². The van der Waals surface area contributed by atoms with Crippen molar-refractivity contribution in [2.45, 2.75) is 26.2 Å². The lowest BCUT2D eigenvalue weighted by molar-refractivity contribution is -0.163. The second-order valence-corrected chi connectivity index (χ2v) is 4.26. The molecule has 0 unspecified atom stereocenters. The minimum atomic E-state index is -1.53. The second kappa shape index (κ2) is 6.71. The molecule has 0 aromatic heterocycles. The first-order valence-corrected chi connectivity index (χ1v) is 6.35. The van der Waals surface area contributed by atoms with Gasteiger partial charge in [0, 0.05) is 0 Å². The molecule has 0 saturated heterocycles. The number of nitrogens with zero attached hydrogens (tertiary/aromatic N) is 1. The van der Waals surface area contributed by atoms with Gasteiger partial charge in [-0.05, 0) is 38.5 Å². The summed E-state index contributed by atoms with van der Waals surface area (Å²) in [7, 11) is 0. The van der Waals surface area contributed by atoms with Crippen molar-refractivity contribution in [2.75, 3.05) is 13.2 Å². The van der Waals surface area contributed by atoms with Crippen LogP contribution < -0.4 is 0 Å². The van der Waals surface area contributed by atoms with Crippen molar-refractivity contribution in [3.63, 3.8) is 0 Å². The predicted molar refractivity (Wildman–Crippen MR) is 71.8 cm³/mol. The van der Waals surface area contributed by atoms with Crippen molar-refractivity contribution in [1.82, 2.24) is 0 Å². The van der Waals surface area contributed by atoms with Crippen LogP contribution in [0.5, 0.6) is 0 Å². The maximum Gasteiger partial charge on any atom is 0.327 e. The molecule has 0 fully saturated rings. The van der Waals surface area contributed by atoms with Gasteiger partial charge in [-0.2, -0.15) is 5.26 Å². The summed E-state index contributed by atoms with van der Waals surface area (Å²) in [5.74, 6) is -1.33. The van der Waals surface area contributed by atoms with E-state index in [-0.39, 0.29) is 13.2 Å². The van der Waals surface area contributed by atoms with E-state index < -0.39 is 17.4 Å². The van der Waals surface area contributed by atoms with Crippen LogP contribution in [0.15, 0.2) is 24.3 Å². The second-order valence-electron chi connectivity index (χ2n) is 4.26. The minimum absolute atomic E-state index is 0.171. The molecule has 0 saturated carbocycles. The molecule has 0 atom stereocenters. The highest BCUT2D eigenvalue weighted by Crippen LogP contribution is 2.27. The molecular weight excluding hydrogens is 258 g/mol. The van der Waals surface area contributed by atoms with E-state index in [1.165, 1.54) is 6.92 Å². The monoisotopic (exact) mass is 275 g/mol. The Kier molecular flexibility index (Phi) is 5.27. The van der Waals surface area contributed by atoms with E-state index in [1.807, 2.05) is 6.07 Å². The predicted octanol–water partition coefficient (Wildman–Crippen LogP) is 1.94. The highest BCUT2D eigenvalue weighted by atomic mass is 16.6. The Hall–Kier alpha value is -2.35. The van der Waals surface area contributed by atoms with Crippen LogP contribution in [0, 0.1) is 11.3 Å². The molecule has 0 aliphatic carbocycles. The first kappa shape index (κ1) is 15.7. The van der Waals surface area contributed by atoms with Crippen molar-refractivity contribution in [3.05, 3.63) is 35.4 Å². The maximum atomic E-state index is 12.1. The Morgan fingerprint density at radius 2 is 1.55 bits per heavy atom. The number of hydrogen-bond donors (Lipinski definition) is 0. The molecule has 0 N–H and O–H groups in total. The number of nitriles is 1. The summed E-state index contributed by atoms with van der Waals surface area (Å²) in [6.07, 6.45) is 0. The first-order chi connectivity index (χ1) is 9.50. The first-order valence-electron chi connectivity index (χ1n) is 6.35. The minimum Gasteiger partial charge on any atom is -0.465 e. The Labute approximate surface area is 118 Å². The zero-order valence-corrected chi connectivity index (χ0v) is 11.8. The molecule has 5 heteroatoms. The lowest BCUT2D eigenvalue weighted by atomic mass is 9.82. The number of rotatable bonds is 5. The van der Waals surface area contributed by atoms with Gasteiger partial charge in [-0.25, -0.2) is 0 Å². The fourth-order valence-electron chi connectivity index (χ4n) is 1.75. The molecular formula is C15H17NO4. The number of ether oxygens (including phenoxy) is 2. The molecule has 0 spiro atoms. The molecule has 0 aliphatic rings. The van der Waals surface area contributed by atoms with Crippen molar-refractivity contribution < 1.29 is 19.1 Å². The fourth-order valence-corrected chi connectivity index (χ4v) is 1.75. The van der Waals surface area contributed by atoms with Crippen LogP contribution in [0.4, 0.5) is 0 Å². The Morgan fingerprint density at radius 3 is 1.90 bits per heavy atom. The molecule has 1 aromatic carbocycles. The van der Waals surface area contributed by atoms with Crippen LogP contribution in [-0.2, 0) is 24.5 Å². The van der Waals surface area contributed by atoms with Crippen LogP contribution in [0.25, 0.3) is 0 Å². The largest absolute Gasteiger partial charge is 0.465 e.